The third-order valence-corrected chi connectivity index (χ3v) is 4.72. The first-order valence-electron chi connectivity index (χ1n) is 9.94. The number of oxime groups is 1. The van der Waals surface area contributed by atoms with Crippen molar-refractivity contribution in [2.45, 2.75) is 0 Å². The Morgan fingerprint density at radius 1 is 0.941 bits per heavy atom. The predicted octanol–water partition coefficient (Wildman–Crippen LogP) is 3.62. The Balaban J connectivity index is 1.91. The monoisotopic (exact) mass is 469 g/mol. The number of hydrogen-bond donors (Lipinski definition) is 4. The van der Waals surface area contributed by atoms with Gasteiger partial charge < -0.3 is 39.5 Å². The second-order valence-corrected chi connectivity index (χ2v) is 6.88. The molecule has 3 aromatic rings. The summed E-state index contributed by atoms with van der Waals surface area (Å²) in [4.78, 5) is 14.9. The van der Waals surface area contributed by atoms with Crippen molar-refractivity contribution in [3.63, 3.8) is 0 Å². The van der Waals surface area contributed by atoms with Crippen molar-refractivity contribution < 1.29 is 44.3 Å². The Morgan fingerprint density at radius 3 is 2.26 bits per heavy atom. The van der Waals surface area contributed by atoms with Gasteiger partial charge in [0.1, 0.15) is 18.1 Å². The molecular formula is C24H23NO9. The molecule has 10 nitrogen and oxygen atoms in total. The van der Waals surface area contributed by atoms with Gasteiger partial charge in [-0.2, -0.15) is 0 Å². The fourth-order valence-corrected chi connectivity index (χ4v) is 3.23. The molecule has 0 spiro atoms. The minimum Gasteiger partial charge on any atom is -0.508 e. The molecule has 0 saturated heterocycles. The highest BCUT2D eigenvalue weighted by molar-refractivity contribution is 5.88. The largest absolute Gasteiger partial charge is 0.508 e. The van der Waals surface area contributed by atoms with Crippen LogP contribution in [0.3, 0.4) is 0 Å². The van der Waals surface area contributed by atoms with Crippen LogP contribution in [0, 0.1) is 0 Å². The molecule has 0 saturated carbocycles. The Labute approximate surface area is 194 Å². The number of aromatic hydroxyl groups is 3. The molecule has 0 amide bonds. The number of carbonyl (C=O) groups is 1. The van der Waals surface area contributed by atoms with Crippen LogP contribution in [0.1, 0.15) is 0 Å². The zero-order valence-corrected chi connectivity index (χ0v) is 18.4. The maximum atomic E-state index is 11.0. The highest BCUT2D eigenvalue weighted by atomic mass is 16.6. The molecule has 178 valence electrons. The molecule has 3 aromatic carbocycles. The third kappa shape index (κ3) is 5.41. The second kappa shape index (κ2) is 10.8. The smallest absolute Gasteiger partial charge is 0.344 e. The summed E-state index contributed by atoms with van der Waals surface area (Å²) in [5, 5.41) is 42.9. The van der Waals surface area contributed by atoms with Crippen LogP contribution < -0.4 is 14.2 Å². The topological polar surface area (TPSA) is 147 Å². The molecule has 0 atom stereocenters. The van der Waals surface area contributed by atoms with Crippen molar-refractivity contribution in [1.29, 1.82) is 0 Å². The van der Waals surface area contributed by atoms with Gasteiger partial charge in [0.15, 0.2) is 23.0 Å². The normalized spacial score (nSPS) is 10.8. The summed E-state index contributed by atoms with van der Waals surface area (Å²) >= 11 is 0. The lowest BCUT2D eigenvalue weighted by molar-refractivity contribution is -0.142. The van der Waals surface area contributed by atoms with Crippen LogP contribution in [0.5, 0.6) is 34.5 Å². The zero-order chi connectivity index (χ0) is 24.7. The Bertz CT molecular complexity index is 1190. The molecule has 34 heavy (non-hydrogen) atoms. The van der Waals surface area contributed by atoms with E-state index in [1.54, 1.807) is 24.3 Å². The van der Waals surface area contributed by atoms with Crippen LogP contribution in [-0.4, -0.2) is 60.0 Å². The summed E-state index contributed by atoms with van der Waals surface area (Å²) in [5.41, 5.74) is 1.98. The lowest BCUT2D eigenvalue weighted by atomic mass is 9.96. The Hall–Kier alpha value is -4.60. The quantitative estimate of drug-likeness (QED) is 0.258. The molecule has 0 aromatic heterocycles. The van der Waals surface area contributed by atoms with Gasteiger partial charge in [0.2, 0.25) is 6.61 Å². The Morgan fingerprint density at radius 2 is 1.65 bits per heavy atom. The van der Waals surface area contributed by atoms with Crippen LogP contribution in [0.15, 0.2) is 53.7 Å². The molecule has 0 radical (unpaired) electrons. The van der Waals surface area contributed by atoms with Gasteiger partial charge in [-0.25, -0.2) is 4.79 Å². The van der Waals surface area contributed by atoms with Gasteiger partial charge >= 0.3 is 5.97 Å². The molecule has 4 N–H and O–H groups in total. The number of aliphatic carboxylic acids is 1. The van der Waals surface area contributed by atoms with E-state index < -0.39 is 12.6 Å². The zero-order valence-electron chi connectivity index (χ0n) is 18.4. The molecular weight excluding hydrogens is 446 g/mol. The number of rotatable bonds is 10. The molecule has 0 heterocycles. The van der Waals surface area contributed by atoms with Crippen molar-refractivity contribution in [1.82, 2.24) is 0 Å². The van der Waals surface area contributed by atoms with Gasteiger partial charge in [0.05, 0.1) is 26.0 Å². The molecule has 0 aliphatic heterocycles. The number of carboxylic acid groups (broad SMARTS) is 1. The van der Waals surface area contributed by atoms with Crippen molar-refractivity contribution in [2.24, 2.45) is 5.16 Å². The van der Waals surface area contributed by atoms with E-state index in [9.17, 15) is 20.1 Å². The van der Waals surface area contributed by atoms with Crippen LogP contribution in [0.25, 0.3) is 22.3 Å². The van der Waals surface area contributed by atoms with E-state index in [1.165, 1.54) is 44.7 Å². The number of methoxy groups -OCH3 is 2. The summed E-state index contributed by atoms with van der Waals surface area (Å²) < 4.78 is 16.3. The van der Waals surface area contributed by atoms with Crippen LogP contribution >= 0.6 is 0 Å². The maximum Gasteiger partial charge on any atom is 0.344 e. The van der Waals surface area contributed by atoms with Crippen LogP contribution in [-0.2, 0) is 9.63 Å². The average Bonchev–Trinajstić information content (AvgIpc) is 2.81. The first-order valence-corrected chi connectivity index (χ1v) is 9.94. The lowest BCUT2D eigenvalue weighted by Crippen LogP contribution is -2.05. The first-order chi connectivity index (χ1) is 16.3. The van der Waals surface area contributed by atoms with E-state index in [0.717, 1.165) is 0 Å². The molecule has 0 aliphatic rings. The standard InChI is InChI=1S/C24H23NO9/c1-31-20-12-17(14-3-6-16(26)7-4-14)24(32-2)23(30)22(20)15-5-8-19(18(27)11-15)33-10-9-25-34-13-21(28)29/h3-9,11-12,26-27,30H,10,13H2,1-2H3,(H,28,29)/b25-9+. The van der Waals surface area contributed by atoms with Crippen molar-refractivity contribution in [2.75, 3.05) is 27.4 Å². The van der Waals surface area contributed by atoms with Gasteiger partial charge in [0.25, 0.3) is 0 Å². The first kappa shape index (κ1) is 24.1. The van der Waals surface area contributed by atoms with Crippen molar-refractivity contribution >= 4 is 12.2 Å². The molecule has 0 fully saturated rings. The highest BCUT2D eigenvalue weighted by Gasteiger charge is 2.22. The minimum atomic E-state index is -1.15. The summed E-state index contributed by atoms with van der Waals surface area (Å²) in [6.07, 6.45) is 1.21. The fraction of sp³-hybridized carbons (Fsp3) is 0.167. The summed E-state index contributed by atoms with van der Waals surface area (Å²) in [5.74, 6) is -0.790. The maximum absolute atomic E-state index is 11.0. The van der Waals surface area contributed by atoms with Gasteiger partial charge in [0, 0.05) is 5.56 Å². The molecule has 0 unspecified atom stereocenters. The number of carboxylic acids is 1. The summed E-state index contributed by atoms with van der Waals surface area (Å²) in [6.45, 7) is -0.646. The van der Waals surface area contributed by atoms with Gasteiger partial charge in [-0.15, -0.1) is 0 Å². The van der Waals surface area contributed by atoms with E-state index in [2.05, 4.69) is 9.99 Å². The molecule has 3 rings (SSSR count). The van der Waals surface area contributed by atoms with E-state index in [0.29, 0.717) is 28.0 Å². The van der Waals surface area contributed by atoms with E-state index in [-0.39, 0.29) is 35.4 Å². The number of phenolic OH excluding ortho intramolecular Hbond substituents is 3. The molecule has 10 heteroatoms. The van der Waals surface area contributed by atoms with Gasteiger partial charge in [-0.1, -0.05) is 23.4 Å². The van der Waals surface area contributed by atoms with Crippen LogP contribution in [0.2, 0.25) is 0 Å². The number of hydrogen-bond acceptors (Lipinski definition) is 9. The lowest BCUT2D eigenvalue weighted by Gasteiger charge is -2.18. The van der Waals surface area contributed by atoms with E-state index >= 15 is 0 Å². The third-order valence-electron chi connectivity index (χ3n) is 4.72. The molecule has 0 bridgehead atoms. The number of nitrogens with zero attached hydrogens (tertiary/aromatic N) is 1. The summed E-state index contributed by atoms with van der Waals surface area (Å²) in [6, 6.07) is 12.6. The predicted molar refractivity (Wildman–Crippen MR) is 123 cm³/mol. The number of benzene rings is 3. The van der Waals surface area contributed by atoms with E-state index in [1.807, 2.05) is 0 Å². The Kier molecular flexibility index (Phi) is 7.65. The van der Waals surface area contributed by atoms with Crippen LogP contribution in [0.4, 0.5) is 0 Å². The van der Waals surface area contributed by atoms with Gasteiger partial charge in [-0.05, 0) is 41.5 Å². The SMILES string of the molecule is COc1cc(-c2ccc(O)cc2)c(OC)c(O)c1-c1ccc(OC/C=N/OCC(=O)O)c(O)c1. The fourth-order valence-electron chi connectivity index (χ4n) is 3.23. The number of ether oxygens (including phenoxy) is 3. The van der Waals surface area contributed by atoms with Gasteiger partial charge in [-0.3, -0.25) is 0 Å². The average molecular weight is 469 g/mol. The van der Waals surface area contributed by atoms with Crippen molar-refractivity contribution in [3.05, 3.63) is 48.5 Å². The summed E-state index contributed by atoms with van der Waals surface area (Å²) in [7, 11) is 2.87. The highest BCUT2D eigenvalue weighted by Crippen LogP contribution is 2.50. The molecule has 0 aliphatic carbocycles. The minimum absolute atomic E-state index is 0.0732. The second-order valence-electron chi connectivity index (χ2n) is 6.88. The van der Waals surface area contributed by atoms with E-state index in [4.69, 9.17) is 19.3 Å². The van der Waals surface area contributed by atoms with Crippen molar-refractivity contribution in [3.8, 4) is 56.8 Å². The number of phenols is 3.